The number of nitro benzene ring substituents is 1. The fourth-order valence-electron chi connectivity index (χ4n) is 2.39. The van der Waals surface area contributed by atoms with Gasteiger partial charge in [0.1, 0.15) is 5.76 Å². The van der Waals surface area contributed by atoms with Crippen LogP contribution in [0.1, 0.15) is 24.2 Å². The number of hydrogen-bond acceptors (Lipinski definition) is 4. The molecule has 1 aromatic heterocycles. The largest absolute Gasteiger partial charge is 0.468 e. The monoisotopic (exact) mass is 290 g/mol. The van der Waals surface area contributed by atoms with Crippen LogP contribution in [0, 0.1) is 15.9 Å². The van der Waals surface area contributed by atoms with Gasteiger partial charge in [0.15, 0.2) is 0 Å². The Morgan fingerprint density at radius 1 is 1.33 bits per heavy atom. The number of hydrogen-bond donors (Lipinski definition) is 0. The third-order valence-corrected chi connectivity index (χ3v) is 3.60. The predicted molar refractivity (Wildman–Crippen MR) is 74.0 cm³/mol. The smallest absolute Gasteiger partial charge is 0.304 e. The van der Waals surface area contributed by atoms with Crippen LogP contribution in [-0.4, -0.2) is 15.9 Å². The van der Waals surface area contributed by atoms with Gasteiger partial charge in [0.2, 0.25) is 5.82 Å². The van der Waals surface area contributed by atoms with E-state index in [0.29, 0.717) is 19.1 Å². The summed E-state index contributed by atoms with van der Waals surface area (Å²) in [6.07, 6.45) is 3.87. The molecule has 0 amide bonds. The van der Waals surface area contributed by atoms with E-state index >= 15 is 0 Å². The van der Waals surface area contributed by atoms with E-state index in [1.54, 1.807) is 12.3 Å². The van der Waals surface area contributed by atoms with E-state index in [4.69, 9.17) is 4.42 Å². The summed E-state index contributed by atoms with van der Waals surface area (Å²) in [5.74, 6) is 0.0792. The van der Waals surface area contributed by atoms with Gasteiger partial charge in [-0.1, -0.05) is 6.07 Å². The van der Waals surface area contributed by atoms with E-state index in [9.17, 15) is 14.5 Å². The molecule has 1 fully saturated rings. The van der Waals surface area contributed by atoms with E-state index < -0.39 is 16.4 Å². The lowest BCUT2D eigenvalue weighted by molar-refractivity contribution is -0.387. The Labute approximate surface area is 121 Å². The Morgan fingerprint density at radius 3 is 2.71 bits per heavy atom. The molecule has 5 nitrogen and oxygen atoms in total. The van der Waals surface area contributed by atoms with Crippen molar-refractivity contribution in [3.05, 3.63) is 63.9 Å². The van der Waals surface area contributed by atoms with Crippen molar-refractivity contribution in [2.24, 2.45) is 0 Å². The zero-order valence-corrected chi connectivity index (χ0v) is 11.4. The highest BCUT2D eigenvalue weighted by Crippen LogP contribution is 2.30. The van der Waals surface area contributed by atoms with Gasteiger partial charge in [-0.15, -0.1) is 0 Å². The lowest BCUT2D eigenvalue weighted by Crippen LogP contribution is -2.24. The SMILES string of the molecule is O=[N+]([O-])c1ccc(CN(Cc2ccco2)C2CC2)cc1F. The molecule has 1 aromatic carbocycles. The second kappa shape index (κ2) is 5.65. The second-order valence-corrected chi connectivity index (χ2v) is 5.26. The van der Waals surface area contributed by atoms with Crippen LogP contribution in [0.25, 0.3) is 0 Å². The van der Waals surface area contributed by atoms with Crippen LogP contribution in [0.3, 0.4) is 0 Å². The summed E-state index contributed by atoms with van der Waals surface area (Å²) in [5.41, 5.74) is 0.249. The van der Waals surface area contributed by atoms with Crippen LogP contribution >= 0.6 is 0 Å². The summed E-state index contributed by atoms with van der Waals surface area (Å²) < 4.78 is 19.0. The summed E-state index contributed by atoms with van der Waals surface area (Å²) >= 11 is 0. The third-order valence-electron chi connectivity index (χ3n) is 3.60. The lowest BCUT2D eigenvalue weighted by atomic mass is 10.1. The molecular formula is C15H15FN2O3. The molecule has 6 heteroatoms. The normalized spacial score (nSPS) is 14.6. The zero-order valence-electron chi connectivity index (χ0n) is 11.4. The molecule has 110 valence electrons. The predicted octanol–water partition coefficient (Wildman–Crippen LogP) is 3.49. The molecule has 0 unspecified atom stereocenters. The highest BCUT2D eigenvalue weighted by molar-refractivity contribution is 5.35. The molecule has 0 radical (unpaired) electrons. The minimum Gasteiger partial charge on any atom is -0.468 e. The fourth-order valence-corrected chi connectivity index (χ4v) is 2.39. The molecule has 21 heavy (non-hydrogen) atoms. The minimum atomic E-state index is -0.786. The van der Waals surface area contributed by atoms with Gasteiger partial charge in [-0.2, -0.15) is 4.39 Å². The Balaban J connectivity index is 1.73. The van der Waals surface area contributed by atoms with Gasteiger partial charge in [-0.05, 0) is 36.6 Å². The van der Waals surface area contributed by atoms with Crippen molar-refractivity contribution in [1.82, 2.24) is 4.90 Å². The number of nitrogens with zero attached hydrogens (tertiary/aromatic N) is 2. The molecule has 1 aliphatic rings. The van der Waals surface area contributed by atoms with Crippen molar-refractivity contribution >= 4 is 5.69 Å². The summed E-state index contributed by atoms with van der Waals surface area (Å²) in [6.45, 7) is 1.22. The van der Waals surface area contributed by atoms with Crippen molar-refractivity contribution < 1.29 is 13.7 Å². The van der Waals surface area contributed by atoms with Crippen LogP contribution in [0.4, 0.5) is 10.1 Å². The van der Waals surface area contributed by atoms with E-state index in [-0.39, 0.29) is 0 Å². The molecule has 0 spiro atoms. The topological polar surface area (TPSA) is 59.5 Å². The van der Waals surface area contributed by atoms with Gasteiger partial charge in [0.05, 0.1) is 17.7 Å². The Kier molecular flexibility index (Phi) is 3.70. The van der Waals surface area contributed by atoms with Gasteiger partial charge in [0, 0.05) is 18.7 Å². The van der Waals surface area contributed by atoms with Crippen LogP contribution in [-0.2, 0) is 13.1 Å². The number of nitro groups is 1. The Morgan fingerprint density at radius 2 is 2.14 bits per heavy atom. The summed E-state index contributed by atoms with van der Waals surface area (Å²) in [7, 11) is 0. The standard InChI is InChI=1S/C15H15FN2O3/c16-14-8-11(3-6-15(14)18(19)20)9-17(12-4-5-12)10-13-2-1-7-21-13/h1-3,6-8,12H,4-5,9-10H2. The average Bonchev–Trinajstić information content (AvgIpc) is 3.16. The Bertz CT molecular complexity index is 638. The number of furan rings is 1. The molecule has 0 bridgehead atoms. The first-order valence-corrected chi connectivity index (χ1v) is 6.83. The van der Waals surface area contributed by atoms with E-state index in [1.165, 1.54) is 12.1 Å². The fraction of sp³-hybridized carbons (Fsp3) is 0.333. The molecule has 0 atom stereocenters. The molecule has 1 saturated carbocycles. The maximum Gasteiger partial charge on any atom is 0.304 e. The molecule has 1 aliphatic carbocycles. The molecule has 0 aliphatic heterocycles. The highest BCUT2D eigenvalue weighted by atomic mass is 19.1. The van der Waals surface area contributed by atoms with E-state index in [0.717, 1.165) is 24.2 Å². The van der Waals surface area contributed by atoms with Crippen molar-refractivity contribution in [3.8, 4) is 0 Å². The van der Waals surface area contributed by atoms with Crippen molar-refractivity contribution in [2.45, 2.75) is 32.0 Å². The summed E-state index contributed by atoms with van der Waals surface area (Å²) in [4.78, 5) is 12.1. The van der Waals surface area contributed by atoms with Gasteiger partial charge < -0.3 is 4.42 Å². The molecule has 0 N–H and O–H groups in total. The van der Waals surface area contributed by atoms with Crippen molar-refractivity contribution in [1.29, 1.82) is 0 Å². The minimum absolute atomic E-state index is 0.480. The van der Waals surface area contributed by atoms with Gasteiger partial charge >= 0.3 is 5.69 Å². The highest BCUT2D eigenvalue weighted by Gasteiger charge is 2.29. The molecule has 1 heterocycles. The average molecular weight is 290 g/mol. The zero-order chi connectivity index (χ0) is 14.8. The molecular weight excluding hydrogens is 275 g/mol. The number of benzene rings is 1. The van der Waals surface area contributed by atoms with Crippen LogP contribution in [0.15, 0.2) is 41.0 Å². The van der Waals surface area contributed by atoms with Crippen LogP contribution < -0.4 is 0 Å². The molecule has 0 saturated heterocycles. The molecule has 3 rings (SSSR count). The first-order chi connectivity index (χ1) is 10.1. The van der Waals surface area contributed by atoms with E-state index in [2.05, 4.69) is 4.90 Å². The molecule has 2 aromatic rings. The van der Waals surface area contributed by atoms with Gasteiger partial charge in [0.25, 0.3) is 0 Å². The maximum atomic E-state index is 13.7. The first-order valence-electron chi connectivity index (χ1n) is 6.83. The van der Waals surface area contributed by atoms with Crippen molar-refractivity contribution in [3.63, 3.8) is 0 Å². The number of halogens is 1. The van der Waals surface area contributed by atoms with Crippen LogP contribution in [0.5, 0.6) is 0 Å². The number of rotatable bonds is 6. The summed E-state index contributed by atoms with van der Waals surface area (Å²) in [5, 5.41) is 10.6. The lowest BCUT2D eigenvalue weighted by Gasteiger charge is -2.20. The third kappa shape index (κ3) is 3.28. The quantitative estimate of drug-likeness (QED) is 0.603. The maximum absolute atomic E-state index is 13.7. The van der Waals surface area contributed by atoms with Crippen molar-refractivity contribution in [2.75, 3.05) is 0 Å². The first kappa shape index (κ1) is 13.8. The van der Waals surface area contributed by atoms with Crippen LogP contribution in [0.2, 0.25) is 0 Å². The second-order valence-electron chi connectivity index (χ2n) is 5.26. The Hall–Kier alpha value is -2.21. The van der Waals surface area contributed by atoms with Gasteiger partial charge in [-0.3, -0.25) is 15.0 Å². The summed E-state index contributed by atoms with van der Waals surface area (Å²) in [6, 6.07) is 8.31. The van der Waals surface area contributed by atoms with Gasteiger partial charge in [-0.25, -0.2) is 0 Å². The van der Waals surface area contributed by atoms with E-state index in [1.807, 2.05) is 12.1 Å².